The van der Waals surface area contributed by atoms with E-state index in [1.165, 1.54) is 6.08 Å². The van der Waals surface area contributed by atoms with Gasteiger partial charge in [0.15, 0.2) is 11.7 Å². The topological polar surface area (TPSA) is 38.3 Å². The predicted octanol–water partition coefficient (Wildman–Crippen LogP) is 2.03. The lowest BCUT2D eigenvalue weighted by atomic mass is 10.1. The largest absolute Gasteiger partial charge is 0.474 e. The molecule has 3 heteroatoms. The van der Waals surface area contributed by atoms with Gasteiger partial charge in [-0.1, -0.05) is 29.8 Å². The molecule has 84 valence electrons. The Morgan fingerprint density at radius 3 is 2.69 bits per heavy atom. The lowest BCUT2D eigenvalue weighted by Gasteiger charge is -2.01. The number of allylic oxidation sites excluding steroid dienone is 1. The summed E-state index contributed by atoms with van der Waals surface area (Å²) in [4.78, 5) is 11.8. The van der Waals surface area contributed by atoms with Crippen LogP contribution in [0.5, 0.6) is 0 Å². The van der Waals surface area contributed by atoms with Gasteiger partial charge in [0.25, 0.3) is 0 Å². The highest BCUT2D eigenvalue weighted by molar-refractivity contribution is 6.04. The van der Waals surface area contributed by atoms with Crippen LogP contribution in [0.1, 0.15) is 22.8 Å². The van der Waals surface area contributed by atoms with Gasteiger partial charge < -0.3 is 10.1 Å². The fourth-order valence-electron chi connectivity index (χ4n) is 1.55. The van der Waals surface area contributed by atoms with Crippen LogP contribution in [0.2, 0.25) is 0 Å². The molecule has 1 N–H and O–H groups in total. The molecule has 1 fully saturated rings. The SMILES string of the molecule is Cc1ccc(C(=O)/C=C2\NCC(C)O2)cc1. The van der Waals surface area contributed by atoms with Gasteiger partial charge in [-0.25, -0.2) is 0 Å². The number of hydrogen-bond donors (Lipinski definition) is 1. The molecule has 0 saturated carbocycles. The minimum Gasteiger partial charge on any atom is -0.474 e. The van der Waals surface area contributed by atoms with Crippen LogP contribution in [-0.2, 0) is 4.74 Å². The molecule has 2 rings (SSSR count). The summed E-state index contributed by atoms with van der Waals surface area (Å²) in [5.74, 6) is 0.537. The van der Waals surface area contributed by atoms with E-state index >= 15 is 0 Å². The number of ether oxygens (including phenoxy) is 1. The van der Waals surface area contributed by atoms with Crippen molar-refractivity contribution in [3.8, 4) is 0 Å². The molecule has 1 unspecified atom stereocenters. The first-order valence-electron chi connectivity index (χ1n) is 5.38. The first kappa shape index (κ1) is 10.7. The quantitative estimate of drug-likeness (QED) is 0.608. The molecule has 3 nitrogen and oxygen atoms in total. The lowest BCUT2D eigenvalue weighted by molar-refractivity contribution is 0.103. The van der Waals surface area contributed by atoms with Crippen LogP contribution in [0.15, 0.2) is 36.2 Å². The summed E-state index contributed by atoms with van der Waals surface area (Å²) < 4.78 is 5.41. The Kier molecular flexibility index (Phi) is 2.95. The average molecular weight is 217 g/mol. The van der Waals surface area contributed by atoms with Crippen molar-refractivity contribution in [2.45, 2.75) is 20.0 Å². The Bertz CT molecular complexity index is 420. The highest BCUT2D eigenvalue weighted by Crippen LogP contribution is 2.10. The third-order valence-electron chi connectivity index (χ3n) is 2.49. The van der Waals surface area contributed by atoms with Crippen LogP contribution in [0, 0.1) is 6.92 Å². The minimum atomic E-state index is -0.0309. The van der Waals surface area contributed by atoms with Crippen LogP contribution >= 0.6 is 0 Å². The molecule has 1 heterocycles. The molecule has 0 bridgehead atoms. The third kappa shape index (κ3) is 2.42. The van der Waals surface area contributed by atoms with E-state index in [2.05, 4.69) is 5.32 Å². The highest BCUT2D eigenvalue weighted by Gasteiger charge is 2.16. The van der Waals surface area contributed by atoms with Crippen LogP contribution in [0.3, 0.4) is 0 Å². The van der Waals surface area contributed by atoms with Crippen molar-refractivity contribution >= 4 is 5.78 Å². The number of benzene rings is 1. The van der Waals surface area contributed by atoms with Gasteiger partial charge in [-0.3, -0.25) is 4.79 Å². The monoisotopic (exact) mass is 217 g/mol. The van der Waals surface area contributed by atoms with Crippen molar-refractivity contribution in [1.82, 2.24) is 5.32 Å². The van der Waals surface area contributed by atoms with Crippen LogP contribution < -0.4 is 5.32 Å². The van der Waals surface area contributed by atoms with Crippen molar-refractivity contribution in [1.29, 1.82) is 0 Å². The number of aryl methyl sites for hydroxylation is 1. The molecule has 1 aliphatic heterocycles. The van der Waals surface area contributed by atoms with Gasteiger partial charge in [-0.2, -0.15) is 0 Å². The molecular weight excluding hydrogens is 202 g/mol. The first-order valence-corrected chi connectivity index (χ1v) is 5.38. The van der Waals surface area contributed by atoms with E-state index in [1.807, 2.05) is 38.1 Å². The van der Waals surface area contributed by atoms with Crippen molar-refractivity contribution in [3.63, 3.8) is 0 Å². The Morgan fingerprint density at radius 1 is 1.44 bits per heavy atom. The second-order valence-corrected chi connectivity index (χ2v) is 4.05. The standard InChI is InChI=1S/C13H15NO2/c1-9-3-5-11(6-4-9)12(15)7-13-14-8-10(2)16-13/h3-7,10,14H,8H2,1-2H3/b13-7+. The zero-order chi connectivity index (χ0) is 11.5. The number of rotatable bonds is 2. The summed E-state index contributed by atoms with van der Waals surface area (Å²) in [5.41, 5.74) is 1.83. The lowest BCUT2D eigenvalue weighted by Crippen LogP contribution is -2.09. The second-order valence-electron chi connectivity index (χ2n) is 4.05. The molecular formula is C13H15NO2. The number of carbonyl (C=O) groups excluding carboxylic acids is 1. The number of ketones is 1. The normalized spacial score (nSPS) is 21.6. The molecule has 0 aromatic heterocycles. The zero-order valence-electron chi connectivity index (χ0n) is 9.49. The van der Waals surface area contributed by atoms with Gasteiger partial charge in [0, 0.05) is 11.6 Å². The van der Waals surface area contributed by atoms with E-state index < -0.39 is 0 Å². The zero-order valence-corrected chi connectivity index (χ0v) is 9.49. The van der Waals surface area contributed by atoms with Crippen molar-refractivity contribution < 1.29 is 9.53 Å². The van der Waals surface area contributed by atoms with E-state index in [9.17, 15) is 4.79 Å². The maximum Gasteiger partial charge on any atom is 0.191 e. The fraction of sp³-hybridized carbons (Fsp3) is 0.308. The first-order chi connectivity index (χ1) is 7.65. The Morgan fingerprint density at radius 2 is 2.12 bits per heavy atom. The van der Waals surface area contributed by atoms with E-state index in [0.717, 1.165) is 12.1 Å². The van der Waals surface area contributed by atoms with Gasteiger partial charge in [-0.15, -0.1) is 0 Å². The average Bonchev–Trinajstić information content (AvgIpc) is 2.65. The highest BCUT2D eigenvalue weighted by atomic mass is 16.5. The Hall–Kier alpha value is -1.77. The molecule has 1 aliphatic rings. The Balaban J connectivity index is 2.11. The minimum absolute atomic E-state index is 0.0309. The summed E-state index contributed by atoms with van der Waals surface area (Å²) in [6.45, 7) is 4.72. The van der Waals surface area contributed by atoms with E-state index in [-0.39, 0.29) is 11.9 Å². The van der Waals surface area contributed by atoms with Crippen molar-refractivity contribution in [2.75, 3.05) is 6.54 Å². The van der Waals surface area contributed by atoms with Crippen molar-refractivity contribution in [2.24, 2.45) is 0 Å². The second kappa shape index (κ2) is 4.39. The van der Waals surface area contributed by atoms with Gasteiger partial charge in [0.05, 0.1) is 6.54 Å². The van der Waals surface area contributed by atoms with Crippen molar-refractivity contribution in [3.05, 3.63) is 47.4 Å². The molecule has 0 spiro atoms. The van der Waals surface area contributed by atoms with Crippen LogP contribution in [0.4, 0.5) is 0 Å². The summed E-state index contributed by atoms with van der Waals surface area (Å²) in [6, 6.07) is 7.51. The maximum absolute atomic E-state index is 11.8. The molecule has 1 aromatic carbocycles. The van der Waals surface area contributed by atoms with Crippen LogP contribution in [0.25, 0.3) is 0 Å². The smallest absolute Gasteiger partial charge is 0.191 e. The summed E-state index contributed by atoms with van der Waals surface area (Å²) in [7, 11) is 0. The van der Waals surface area contributed by atoms with E-state index in [1.54, 1.807) is 0 Å². The summed E-state index contributed by atoms with van der Waals surface area (Å²) in [6.07, 6.45) is 1.64. The van der Waals surface area contributed by atoms with Crippen LogP contribution in [-0.4, -0.2) is 18.4 Å². The molecule has 1 atom stereocenters. The van der Waals surface area contributed by atoms with Gasteiger partial charge in [0.1, 0.15) is 6.10 Å². The van der Waals surface area contributed by atoms with E-state index in [4.69, 9.17) is 4.74 Å². The van der Waals surface area contributed by atoms with Gasteiger partial charge in [-0.05, 0) is 13.8 Å². The molecule has 0 aliphatic carbocycles. The summed E-state index contributed by atoms with van der Waals surface area (Å²) in [5, 5.41) is 3.04. The number of hydrogen-bond acceptors (Lipinski definition) is 3. The van der Waals surface area contributed by atoms with Gasteiger partial charge >= 0.3 is 0 Å². The maximum atomic E-state index is 11.8. The summed E-state index contributed by atoms with van der Waals surface area (Å²) >= 11 is 0. The number of nitrogens with one attached hydrogen (secondary N) is 1. The molecule has 0 amide bonds. The predicted molar refractivity (Wildman–Crippen MR) is 62.1 cm³/mol. The Labute approximate surface area is 95.1 Å². The molecule has 16 heavy (non-hydrogen) atoms. The van der Waals surface area contributed by atoms with E-state index in [0.29, 0.717) is 11.4 Å². The molecule has 1 saturated heterocycles. The molecule has 0 radical (unpaired) electrons. The van der Waals surface area contributed by atoms with Gasteiger partial charge in [0.2, 0.25) is 0 Å². The fourth-order valence-corrected chi connectivity index (χ4v) is 1.55. The number of carbonyl (C=O) groups is 1. The molecule has 1 aromatic rings. The third-order valence-corrected chi connectivity index (χ3v) is 2.49.